The maximum Gasteiger partial charge on any atom is 0.308 e. The summed E-state index contributed by atoms with van der Waals surface area (Å²) in [6, 6.07) is 7.26. The van der Waals surface area contributed by atoms with Gasteiger partial charge in [0.1, 0.15) is 0 Å². The van der Waals surface area contributed by atoms with Crippen molar-refractivity contribution in [2.24, 2.45) is 5.92 Å². The van der Waals surface area contributed by atoms with Crippen LogP contribution in [0.5, 0.6) is 0 Å². The first-order valence-corrected chi connectivity index (χ1v) is 7.08. The summed E-state index contributed by atoms with van der Waals surface area (Å²) in [7, 11) is 0. The number of Topliss-reactive ketones (excluding diaryl/α,β-unsaturated/α-hetero) is 1. The van der Waals surface area contributed by atoms with E-state index < -0.39 is 11.9 Å². The first-order valence-electron chi connectivity index (χ1n) is 7.08. The van der Waals surface area contributed by atoms with Crippen molar-refractivity contribution in [3.8, 4) is 0 Å². The third kappa shape index (κ3) is 3.90. The monoisotopic (exact) mass is 289 g/mol. The number of hydrogen-bond acceptors (Lipinski definition) is 3. The van der Waals surface area contributed by atoms with E-state index in [1.165, 1.54) is 0 Å². The number of likely N-dealkylation sites (tertiary alicyclic amines) is 1. The average molecular weight is 289 g/mol. The molecule has 1 aliphatic heterocycles. The van der Waals surface area contributed by atoms with E-state index in [2.05, 4.69) is 0 Å². The Morgan fingerprint density at radius 3 is 2.43 bits per heavy atom. The molecule has 0 bridgehead atoms. The fourth-order valence-electron chi connectivity index (χ4n) is 2.45. The Bertz CT molecular complexity index is 550. The standard InChI is InChI=1S/C16H19NO4/c1-11-2-4-12(5-3-11)14(18)6-7-15(19)17-9-8-13(10-17)16(20)21/h2-5,13H,6-10H2,1H3,(H,20,21). The van der Waals surface area contributed by atoms with Gasteiger partial charge in [-0.05, 0) is 13.3 Å². The summed E-state index contributed by atoms with van der Waals surface area (Å²) in [5, 5.41) is 8.91. The van der Waals surface area contributed by atoms with Crippen LogP contribution < -0.4 is 0 Å². The molecular weight excluding hydrogens is 270 g/mol. The number of aliphatic carboxylic acids is 1. The quantitative estimate of drug-likeness (QED) is 0.840. The number of benzene rings is 1. The zero-order valence-electron chi connectivity index (χ0n) is 12.0. The van der Waals surface area contributed by atoms with Gasteiger partial charge in [0.2, 0.25) is 5.91 Å². The molecule has 1 atom stereocenters. The lowest BCUT2D eigenvalue weighted by atomic mass is 10.0. The molecule has 112 valence electrons. The van der Waals surface area contributed by atoms with E-state index in [-0.39, 0.29) is 31.1 Å². The maximum atomic E-state index is 12.0. The maximum absolute atomic E-state index is 12.0. The molecule has 1 fully saturated rings. The summed E-state index contributed by atoms with van der Waals surface area (Å²) in [5.74, 6) is -1.53. The molecule has 2 rings (SSSR count). The smallest absolute Gasteiger partial charge is 0.308 e. The Morgan fingerprint density at radius 2 is 1.86 bits per heavy atom. The van der Waals surface area contributed by atoms with Crippen LogP contribution in [-0.2, 0) is 9.59 Å². The third-order valence-corrected chi connectivity index (χ3v) is 3.83. The SMILES string of the molecule is Cc1ccc(C(=O)CCC(=O)N2CCC(C(=O)O)C2)cc1. The number of hydrogen-bond donors (Lipinski definition) is 1. The number of carboxylic acid groups (broad SMARTS) is 1. The Hall–Kier alpha value is -2.17. The fraction of sp³-hybridized carbons (Fsp3) is 0.438. The highest BCUT2D eigenvalue weighted by molar-refractivity contribution is 5.98. The van der Waals surface area contributed by atoms with Crippen LogP contribution in [0.4, 0.5) is 0 Å². The van der Waals surface area contributed by atoms with Crippen molar-refractivity contribution in [3.63, 3.8) is 0 Å². The van der Waals surface area contributed by atoms with Crippen molar-refractivity contribution in [2.75, 3.05) is 13.1 Å². The van der Waals surface area contributed by atoms with E-state index in [1.807, 2.05) is 19.1 Å². The summed E-state index contributed by atoms with van der Waals surface area (Å²) < 4.78 is 0. The number of aryl methyl sites for hydroxylation is 1. The minimum Gasteiger partial charge on any atom is -0.481 e. The summed E-state index contributed by atoms with van der Waals surface area (Å²) in [6.45, 7) is 2.67. The molecule has 0 saturated carbocycles. The van der Waals surface area contributed by atoms with Gasteiger partial charge in [-0.2, -0.15) is 0 Å². The van der Waals surface area contributed by atoms with Gasteiger partial charge in [-0.15, -0.1) is 0 Å². The molecule has 5 heteroatoms. The van der Waals surface area contributed by atoms with Gasteiger partial charge in [-0.25, -0.2) is 0 Å². The van der Waals surface area contributed by atoms with E-state index in [1.54, 1.807) is 17.0 Å². The van der Waals surface area contributed by atoms with Crippen LogP contribution in [-0.4, -0.2) is 40.8 Å². The molecule has 0 aliphatic carbocycles. The molecule has 1 amide bonds. The minimum absolute atomic E-state index is 0.0580. The molecule has 0 spiro atoms. The summed E-state index contributed by atoms with van der Waals surface area (Å²) >= 11 is 0. The third-order valence-electron chi connectivity index (χ3n) is 3.83. The van der Waals surface area contributed by atoms with Gasteiger partial charge >= 0.3 is 5.97 Å². The van der Waals surface area contributed by atoms with Crippen molar-refractivity contribution in [1.29, 1.82) is 0 Å². The summed E-state index contributed by atoms with van der Waals surface area (Å²) in [5.41, 5.74) is 1.69. The van der Waals surface area contributed by atoms with Gasteiger partial charge in [0.25, 0.3) is 0 Å². The molecule has 1 aliphatic rings. The highest BCUT2D eigenvalue weighted by Crippen LogP contribution is 2.18. The second kappa shape index (κ2) is 6.52. The predicted octanol–water partition coefficient (Wildman–Crippen LogP) is 1.89. The van der Waals surface area contributed by atoms with Crippen LogP contribution >= 0.6 is 0 Å². The number of nitrogens with zero attached hydrogens (tertiary/aromatic N) is 1. The zero-order valence-corrected chi connectivity index (χ0v) is 12.0. The van der Waals surface area contributed by atoms with Crippen LogP contribution in [0, 0.1) is 12.8 Å². The Labute approximate surface area is 123 Å². The second-order valence-electron chi connectivity index (χ2n) is 5.45. The van der Waals surface area contributed by atoms with Crippen molar-refractivity contribution in [3.05, 3.63) is 35.4 Å². The molecule has 1 aromatic rings. The van der Waals surface area contributed by atoms with Crippen molar-refractivity contribution >= 4 is 17.7 Å². The normalized spacial score (nSPS) is 17.8. The number of ketones is 1. The topological polar surface area (TPSA) is 74.7 Å². The first-order chi connectivity index (χ1) is 9.97. The highest BCUT2D eigenvalue weighted by Gasteiger charge is 2.30. The zero-order chi connectivity index (χ0) is 15.4. The minimum atomic E-state index is -0.860. The number of amides is 1. The summed E-state index contributed by atoms with van der Waals surface area (Å²) in [4.78, 5) is 36.4. The molecule has 0 aromatic heterocycles. The molecule has 0 radical (unpaired) electrons. The van der Waals surface area contributed by atoms with Crippen molar-refractivity contribution < 1.29 is 19.5 Å². The van der Waals surface area contributed by atoms with E-state index in [0.29, 0.717) is 18.5 Å². The summed E-state index contributed by atoms with van der Waals surface area (Å²) in [6.07, 6.45) is 0.794. The lowest BCUT2D eigenvalue weighted by molar-refractivity contribution is -0.141. The highest BCUT2D eigenvalue weighted by atomic mass is 16.4. The predicted molar refractivity (Wildman–Crippen MR) is 77.1 cm³/mol. The largest absolute Gasteiger partial charge is 0.481 e. The van der Waals surface area contributed by atoms with E-state index in [0.717, 1.165) is 5.56 Å². The Balaban J connectivity index is 1.83. The number of carbonyl (C=O) groups excluding carboxylic acids is 2. The Kier molecular flexibility index (Phi) is 4.73. The number of carbonyl (C=O) groups is 3. The second-order valence-corrected chi connectivity index (χ2v) is 5.45. The van der Waals surface area contributed by atoms with E-state index in [4.69, 9.17) is 5.11 Å². The van der Waals surface area contributed by atoms with Crippen LogP contribution in [0.15, 0.2) is 24.3 Å². The van der Waals surface area contributed by atoms with Crippen molar-refractivity contribution in [1.82, 2.24) is 4.90 Å². The molecule has 1 heterocycles. The van der Waals surface area contributed by atoms with Crippen LogP contribution in [0.1, 0.15) is 35.2 Å². The van der Waals surface area contributed by atoms with Crippen LogP contribution in [0.2, 0.25) is 0 Å². The number of rotatable bonds is 5. The van der Waals surface area contributed by atoms with E-state index in [9.17, 15) is 14.4 Å². The van der Waals surface area contributed by atoms with Gasteiger partial charge in [-0.1, -0.05) is 29.8 Å². The molecule has 5 nitrogen and oxygen atoms in total. The average Bonchev–Trinajstić information content (AvgIpc) is 2.95. The van der Waals surface area contributed by atoms with Gasteiger partial charge in [0.15, 0.2) is 5.78 Å². The molecule has 1 aromatic carbocycles. The molecule has 1 unspecified atom stereocenters. The first kappa shape index (κ1) is 15.2. The van der Waals surface area contributed by atoms with E-state index >= 15 is 0 Å². The lowest BCUT2D eigenvalue weighted by Crippen LogP contribution is -2.30. The van der Waals surface area contributed by atoms with Gasteiger partial charge in [0, 0.05) is 31.5 Å². The Morgan fingerprint density at radius 1 is 1.19 bits per heavy atom. The van der Waals surface area contributed by atoms with Gasteiger partial charge in [-0.3, -0.25) is 14.4 Å². The van der Waals surface area contributed by atoms with Gasteiger partial charge < -0.3 is 10.0 Å². The lowest BCUT2D eigenvalue weighted by Gasteiger charge is -2.15. The van der Waals surface area contributed by atoms with Crippen molar-refractivity contribution in [2.45, 2.75) is 26.2 Å². The molecule has 1 N–H and O–H groups in total. The molecule has 21 heavy (non-hydrogen) atoms. The molecule has 1 saturated heterocycles. The fourth-order valence-corrected chi connectivity index (χ4v) is 2.45. The molecular formula is C16H19NO4. The van der Waals surface area contributed by atoms with Crippen LogP contribution in [0.3, 0.4) is 0 Å². The van der Waals surface area contributed by atoms with Gasteiger partial charge in [0.05, 0.1) is 5.92 Å². The number of carboxylic acids is 1. The van der Waals surface area contributed by atoms with Crippen LogP contribution in [0.25, 0.3) is 0 Å².